The van der Waals surface area contributed by atoms with Gasteiger partial charge >= 0.3 is 5.97 Å². The number of hydrogen-bond donors (Lipinski definition) is 2. The number of amides is 1. The molecule has 1 rings (SSSR count). The molecular weight excluding hydrogens is 289 g/mol. The minimum atomic E-state index is -0.885. The number of carbonyl (C=O) groups is 2. The van der Waals surface area contributed by atoms with Crippen LogP contribution in [-0.4, -0.2) is 23.0 Å². The zero-order valence-corrected chi connectivity index (χ0v) is 12.0. The Hall–Kier alpha value is -1.26. The van der Waals surface area contributed by atoms with Gasteiger partial charge in [0.25, 0.3) is 0 Å². The standard InChI is InChI=1S/C13H15Cl2NO3/c1-8(17)16-10(3-5-13(18)19)6-9-2-4-11(14)12(15)7-9/h2,4,7,10H,3,5-6H2,1H3,(H,16,17)(H,18,19). The summed E-state index contributed by atoms with van der Waals surface area (Å²) in [5.41, 5.74) is 0.901. The molecule has 0 saturated heterocycles. The van der Waals surface area contributed by atoms with Crippen molar-refractivity contribution in [1.82, 2.24) is 5.32 Å². The lowest BCUT2D eigenvalue weighted by Crippen LogP contribution is -2.35. The van der Waals surface area contributed by atoms with Crippen molar-refractivity contribution in [2.75, 3.05) is 0 Å². The van der Waals surface area contributed by atoms with Crippen molar-refractivity contribution < 1.29 is 14.7 Å². The number of halogens is 2. The molecule has 4 nitrogen and oxygen atoms in total. The molecule has 0 spiro atoms. The van der Waals surface area contributed by atoms with Crippen LogP contribution in [0.25, 0.3) is 0 Å². The maximum absolute atomic E-state index is 11.1. The van der Waals surface area contributed by atoms with Gasteiger partial charge in [0, 0.05) is 19.4 Å². The Morgan fingerprint density at radius 1 is 1.32 bits per heavy atom. The molecular formula is C13H15Cl2NO3. The van der Waals surface area contributed by atoms with Crippen LogP contribution in [0.2, 0.25) is 10.0 Å². The molecule has 1 amide bonds. The first-order chi connectivity index (χ1) is 8.88. The van der Waals surface area contributed by atoms with Gasteiger partial charge in [-0.15, -0.1) is 0 Å². The third-order valence-electron chi connectivity index (χ3n) is 2.58. The normalized spacial score (nSPS) is 11.9. The van der Waals surface area contributed by atoms with Crippen LogP contribution in [0.15, 0.2) is 18.2 Å². The second-order valence-electron chi connectivity index (χ2n) is 4.28. The molecule has 2 N–H and O–H groups in total. The van der Waals surface area contributed by atoms with Crippen LogP contribution in [0.1, 0.15) is 25.3 Å². The van der Waals surface area contributed by atoms with E-state index in [1.165, 1.54) is 6.92 Å². The highest BCUT2D eigenvalue weighted by Crippen LogP contribution is 2.23. The van der Waals surface area contributed by atoms with Gasteiger partial charge in [0.2, 0.25) is 5.91 Å². The Kier molecular flexibility index (Phi) is 6.12. The molecule has 0 saturated carbocycles. The van der Waals surface area contributed by atoms with E-state index < -0.39 is 5.97 Å². The van der Waals surface area contributed by atoms with E-state index in [0.29, 0.717) is 22.9 Å². The highest BCUT2D eigenvalue weighted by molar-refractivity contribution is 6.42. The predicted molar refractivity (Wildman–Crippen MR) is 74.6 cm³/mol. The van der Waals surface area contributed by atoms with Gasteiger partial charge in [-0.3, -0.25) is 9.59 Å². The molecule has 1 unspecified atom stereocenters. The van der Waals surface area contributed by atoms with E-state index in [1.807, 2.05) is 6.07 Å². The Bertz CT molecular complexity index is 477. The molecule has 0 aromatic heterocycles. The van der Waals surface area contributed by atoms with E-state index in [-0.39, 0.29) is 18.4 Å². The van der Waals surface area contributed by atoms with Gasteiger partial charge in [0.1, 0.15) is 0 Å². The number of hydrogen-bond acceptors (Lipinski definition) is 2. The summed E-state index contributed by atoms with van der Waals surface area (Å²) in [5, 5.41) is 12.3. The minimum absolute atomic E-state index is 0.00622. The Labute approximate surface area is 121 Å². The summed E-state index contributed by atoms with van der Waals surface area (Å²) in [6.45, 7) is 1.41. The molecule has 19 heavy (non-hydrogen) atoms. The second-order valence-corrected chi connectivity index (χ2v) is 5.10. The SMILES string of the molecule is CC(=O)NC(CCC(=O)O)Cc1ccc(Cl)c(Cl)c1. The number of carboxylic acids is 1. The highest BCUT2D eigenvalue weighted by atomic mass is 35.5. The van der Waals surface area contributed by atoms with Crippen molar-refractivity contribution in [2.24, 2.45) is 0 Å². The predicted octanol–water partition coefficient (Wildman–Crippen LogP) is 2.91. The molecule has 0 bridgehead atoms. The van der Waals surface area contributed by atoms with E-state index in [4.69, 9.17) is 28.3 Å². The average Bonchev–Trinajstić information content (AvgIpc) is 2.30. The summed E-state index contributed by atoms with van der Waals surface area (Å²) in [4.78, 5) is 21.7. The molecule has 0 heterocycles. The average molecular weight is 304 g/mol. The largest absolute Gasteiger partial charge is 0.481 e. The van der Waals surface area contributed by atoms with Crippen LogP contribution in [0.3, 0.4) is 0 Å². The highest BCUT2D eigenvalue weighted by Gasteiger charge is 2.13. The van der Waals surface area contributed by atoms with Crippen molar-refractivity contribution in [1.29, 1.82) is 0 Å². The van der Waals surface area contributed by atoms with Crippen LogP contribution in [0, 0.1) is 0 Å². The molecule has 1 aromatic rings. The Morgan fingerprint density at radius 3 is 2.53 bits per heavy atom. The molecule has 1 atom stereocenters. The summed E-state index contributed by atoms with van der Waals surface area (Å²) in [6, 6.07) is 4.98. The second kappa shape index (κ2) is 7.36. The maximum Gasteiger partial charge on any atom is 0.303 e. The van der Waals surface area contributed by atoms with Gasteiger partial charge in [0.15, 0.2) is 0 Å². The number of benzene rings is 1. The van der Waals surface area contributed by atoms with Crippen molar-refractivity contribution in [3.63, 3.8) is 0 Å². The number of nitrogens with one attached hydrogen (secondary N) is 1. The van der Waals surface area contributed by atoms with Crippen LogP contribution >= 0.6 is 23.2 Å². The molecule has 104 valence electrons. The summed E-state index contributed by atoms with van der Waals surface area (Å²) in [6.07, 6.45) is 0.894. The summed E-state index contributed by atoms with van der Waals surface area (Å²) < 4.78 is 0. The maximum atomic E-state index is 11.1. The number of carboxylic acid groups (broad SMARTS) is 1. The summed E-state index contributed by atoms with van der Waals surface area (Å²) in [7, 11) is 0. The first-order valence-electron chi connectivity index (χ1n) is 5.81. The third kappa shape index (κ3) is 5.94. The fourth-order valence-corrected chi connectivity index (χ4v) is 2.08. The first kappa shape index (κ1) is 15.8. The minimum Gasteiger partial charge on any atom is -0.481 e. The first-order valence-corrected chi connectivity index (χ1v) is 6.57. The van der Waals surface area contributed by atoms with Crippen molar-refractivity contribution in [2.45, 2.75) is 32.2 Å². The molecule has 0 aliphatic heterocycles. The van der Waals surface area contributed by atoms with Crippen LogP contribution in [0.5, 0.6) is 0 Å². The Morgan fingerprint density at radius 2 is 2.00 bits per heavy atom. The van der Waals surface area contributed by atoms with Gasteiger partial charge in [-0.25, -0.2) is 0 Å². The van der Waals surface area contributed by atoms with E-state index >= 15 is 0 Å². The zero-order valence-electron chi connectivity index (χ0n) is 10.5. The van der Waals surface area contributed by atoms with Gasteiger partial charge in [-0.2, -0.15) is 0 Å². The van der Waals surface area contributed by atoms with Crippen LogP contribution in [-0.2, 0) is 16.0 Å². The van der Waals surface area contributed by atoms with E-state index in [0.717, 1.165) is 5.56 Å². The lowest BCUT2D eigenvalue weighted by atomic mass is 10.0. The molecule has 0 radical (unpaired) electrons. The fourth-order valence-electron chi connectivity index (χ4n) is 1.76. The van der Waals surface area contributed by atoms with Gasteiger partial charge in [-0.1, -0.05) is 29.3 Å². The quantitative estimate of drug-likeness (QED) is 0.849. The molecule has 0 aliphatic carbocycles. The van der Waals surface area contributed by atoms with Gasteiger partial charge in [-0.05, 0) is 30.5 Å². The summed E-state index contributed by atoms with van der Waals surface area (Å²) >= 11 is 11.7. The van der Waals surface area contributed by atoms with Crippen molar-refractivity contribution in [3.05, 3.63) is 33.8 Å². The molecule has 1 aromatic carbocycles. The van der Waals surface area contributed by atoms with E-state index in [9.17, 15) is 9.59 Å². The Balaban J connectivity index is 2.71. The topological polar surface area (TPSA) is 66.4 Å². The number of aliphatic carboxylic acids is 1. The zero-order chi connectivity index (χ0) is 14.4. The summed E-state index contributed by atoms with van der Waals surface area (Å²) in [5.74, 6) is -1.07. The number of rotatable bonds is 6. The fraction of sp³-hybridized carbons (Fsp3) is 0.385. The third-order valence-corrected chi connectivity index (χ3v) is 3.32. The number of carbonyl (C=O) groups excluding carboxylic acids is 1. The smallest absolute Gasteiger partial charge is 0.303 e. The van der Waals surface area contributed by atoms with Crippen LogP contribution in [0.4, 0.5) is 0 Å². The van der Waals surface area contributed by atoms with E-state index in [2.05, 4.69) is 5.32 Å². The molecule has 6 heteroatoms. The van der Waals surface area contributed by atoms with Crippen molar-refractivity contribution in [3.8, 4) is 0 Å². The van der Waals surface area contributed by atoms with Crippen LogP contribution < -0.4 is 5.32 Å². The monoisotopic (exact) mass is 303 g/mol. The lowest BCUT2D eigenvalue weighted by molar-refractivity contribution is -0.137. The molecule has 0 fully saturated rings. The van der Waals surface area contributed by atoms with Crippen molar-refractivity contribution >= 4 is 35.1 Å². The van der Waals surface area contributed by atoms with Gasteiger partial charge in [0.05, 0.1) is 10.0 Å². The lowest BCUT2D eigenvalue weighted by Gasteiger charge is -2.17. The molecule has 0 aliphatic rings. The van der Waals surface area contributed by atoms with Gasteiger partial charge < -0.3 is 10.4 Å². The van der Waals surface area contributed by atoms with E-state index in [1.54, 1.807) is 12.1 Å².